The molecule has 0 aliphatic carbocycles. The molecule has 0 saturated carbocycles. The van der Waals surface area contributed by atoms with E-state index in [0.29, 0.717) is 5.82 Å². The Labute approximate surface area is 115 Å². The molecule has 0 fully saturated rings. The second kappa shape index (κ2) is 4.70. The summed E-state index contributed by atoms with van der Waals surface area (Å²) < 4.78 is 0. The molecule has 1 aromatic carbocycles. The maximum atomic E-state index is 10.8. The zero-order valence-corrected chi connectivity index (χ0v) is 10.7. The second-order valence-corrected chi connectivity index (χ2v) is 4.43. The third-order valence-corrected chi connectivity index (χ3v) is 2.96. The van der Waals surface area contributed by atoms with Gasteiger partial charge in [-0.25, -0.2) is 14.8 Å². The molecular formula is C15H11N3O2. The molecular weight excluding hydrogens is 254 g/mol. The van der Waals surface area contributed by atoms with E-state index in [1.807, 2.05) is 19.1 Å². The van der Waals surface area contributed by atoms with E-state index in [1.165, 1.54) is 0 Å². The van der Waals surface area contributed by atoms with Crippen molar-refractivity contribution in [3.05, 3.63) is 53.9 Å². The summed E-state index contributed by atoms with van der Waals surface area (Å²) in [5.74, 6) is -0.360. The number of nitrogens with zero attached hydrogens (tertiary/aromatic N) is 3. The molecule has 0 unspecified atom stereocenters. The minimum atomic E-state index is -0.946. The SMILES string of the molecule is Cc1cc2nc(-c3ccc(C(=O)O)cc3)nc-2ccn1. The smallest absolute Gasteiger partial charge is 0.335 e. The van der Waals surface area contributed by atoms with Crippen molar-refractivity contribution in [1.82, 2.24) is 15.0 Å². The fourth-order valence-electron chi connectivity index (χ4n) is 1.95. The van der Waals surface area contributed by atoms with Gasteiger partial charge in [0, 0.05) is 17.5 Å². The van der Waals surface area contributed by atoms with Gasteiger partial charge in [0.1, 0.15) is 0 Å². The largest absolute Gasteiger partial charge is 0.478 e. The minimum Gasteiger partial charge on any atom is -0.478 e. The second-order valence-electron chi connectivity index (χ2n) is 4.43. The van der Waals surface area contributed by atoms with Crippen LogP contribution in [0.4, 0.5) is 0 Å². The molecule has 5 nitrogen and oxygen atoms in total. The lowest BCUT2D eigenvalue weighted by atomic mass is 10.1. The Bertz CT molecular complexity index is 754. The number of carboxylic acids is 1. The highest BCUT2D eigenvalue weighted by Gasteiger charge is 2.12. The van der Waals surface area contributed by atoms with Crippen LogP contribution in [0.2, 0.25) is 0 Å². The molecule has 20 heavy (non-hydrogen) atoms. The molecule has 0 spiro atoms. The summed E-state index contributed by atoms with van der Waals surface area (Å²) in [5.41, 5.74) is 3.45. The van der Waals surface area contributed by atoms with Gasteiger partial charge in [0.25, 0.3) is 0 Å². The maximum Gasteiger partial charge on any atom is 0.335 e. The molecule has 0 atom stereocenters. The predicted molar refractivity (Wildman–Crippen MR) is 73.6 cm³/mol. The van der Waals surface area contributed by atoms with Gasteiger partial charge in [0.05, 0.1) is 17.0 Å². The number of fused-ring (bicyclic) bond motifs is 1. The maximum absolute atomic E-state index is 10.8. The lowest BCUT2D eigenvalue weighted by molar-refractivity contribution is 0.0697. The third kappa shape index (κ3) is 2.21. The summed E-state index contributed by atoms with van der Waals surface area (Å²) in [5, 5.41) is 8.88. The van der Waals surface area contributed by atoms with Crippen LogP contribution in [0.1, 0.15) is 16.1 Å². The van der Waals surface area contributed by atoms with E-state index in [2.05, 4.69) is 15.0 Å². The number of imidazole rings is 1. The first kappa shape index (κ1) is 12.2. The van der Waals surface area contributed by atoms with Crippen molar-refractivity contribution in [1.29, 1.82) is 0 Å². The number of benzene rings is 1. The molecule has 5 heteroatoms. The lowest BCUT2D eigenvalue weighted by Gasteiger charge is -1.96. The van der Waals surface area contributed by atoms with Crippen molar-refractivity contribution < 1.29 is 9.90 Å². The summed E-state index contributed by atoms with van der Waals surface area (Å²) in [6.07, 6.45) is 1.70. The van der Waals surface area contributed by atoms with E-state index in [9.17, 15) is 4.79 Å². The van der Waals surface area contributed by atoms with Crippen LogP contribution in [0.15, 0.2) is 42.6 Å². The average molecular weight is 265 g/mol. The molecule has 98 valence electrons. The topological polar surface area (TPSA) is 76.0 Å². The first-order chi connectivity index (χ1) is 9.63. The normalized spacial score (nSPS) is 10.7. The summed E-state index contributed by atoms with van der Waals surface area (Å²) in [7, 11) is 0. The standard InChI is InChI=1S/C15H11N3O2/c1-9-8-13-12(6-7-16-9)17-14(18-13)10-2-4-11(5-3-10)15(19)20/h2-8H,1H3,(H,19,20). The molecule has 0 amide bonds. The van der Waals surface area contributed by atoms with E-state index in [0.717, 1.165) is 22.6 Å². The van der Waals surface area contributed by atoms with Crippen LogP contribution in [-0.4, -0.2) is 26.0 Å². The fourth-order valence-corrected chi connectivity index (χ4v) is 1.95. The number of hydrogen-bond acceptors (Lipinski definition) is 4. The van der Waals surface area contributed by atoms with Crippen LogP contribution in [0.5, 0.6) is 0 Å². The van der Waals surface area contributed by atoms with E-state index in [4.69, 9.17) is 5.11 Å². The number of aryl methyl sites for hydroxylation is 1. The van der Waals surface area contributed by atoms with Gasteiger partial charge < -0.3 is 5.11 Å². The molecule has 2 heterocycles. The molecule has 1 aromatic rings. The van der Waals surface area contributed by atoms with Crippen LogP contribution in [0, 0.1) is 6.92 Å². The Morgan fingerprint density at radius 1 is 1.05 bits per heavy atom. The van der Waals surface area contributed by atoms with Crippen LogP contribution in [0.25, 0.3) is 22.8 Å². The van der Waals surface area contributed by atoms with Gasteiger partial charge >= 0.3 is 5.97 Å². The number of aromatic carboxylic acids is 1. The predicted octanol–water partition coefficient (Wildman–Crippen LogP) is 2.65. The van der Waals surface area contributed by atoms with E-state index < -0.39 is 5.97 Å². The zero-order chi connectivity index (χ0) is 14.1. The van der Waals surface area contributed by atoms with Gasteiger partial charge in [0.2, 0.25) is 0 Å². The summed E-state index contributed by atoms with van der Waals surface area (Å²) in [4.78, 5) is 23.9. The van der Waals surface area contributed by atoms with Crippen molar-refractivity contribution in [3.63, 3.8) is 0 Å². The Morgan fingerprint density at radius 3 is 2.45 bits per heavy atom. The summed E-state index contributed by atoms with van der Waals surface area (Å²) >= 11 is 0. The highest BCUT2D eigenvalue weighted by molar-refractivity contribution is 5.88. The Morgan fingerprint density at radius 2 is 1.75 bits per heavy atom. The minimum absolute atomic E-state index is 0.247. The van der Waals surface area contributed by atoms with Crippen LogP contribution < -0.4 is 0 Å². The van der Waals surface area contributed by atoms with Gasteiger partial charge in [-0.3, -0.25) is 4.98 Å². The number of carbonyl (C=O) groups is 1. The summed E-state index contributed by atoms with van der Waals surface area (Å²) in [6.45, 7) is 1.90. The lowest BCUT2D eigenvalue weighted by Crippen LogP contribution is -1.95. The third-order valence-electron chi connectivity index (χ3n) is 2.96. The molecule has 0 radical (unpaired) electrons. The molecule has 0 saturated heterocycles. The van der Waals surface area contributed by atoms with Crippen molar-refractivity contribution in [2.45, 2.75) is 6.92 Å². The number of carboxylic acid groups (broad SMARTS) is 1. The Balaban J connectivity index is 2.06. The Hall–Kier alpha value is -2.82. The average Bonchev–Trinajstić information content (AvgIpc) is 2.74. The van der Waals surface area contributed by atoms with E-state index >= 15 is 0 Å². The van der Waals surface area contributed by atoms with Crippen molar-refractivity contribution in [2.75, 3.05) is 0 Å². The molecule has 2 aliphatic rings. The van der Waals surface area contributed by atoms with Gasteiger partial charge in [-0.15, -0.1) is 0 Å². The molecule has 2 aliphatic heterocycles. The molecule has 0 aromatic heterocycles. The molecule has 1 N–H and O–H groups in total. The number of hydrogen-bond donors (Lipinski definition) is 1. The molecule has 0 bridgehead atoms. The number of rotatable bonds is 2. The fraction of sp³-hybridized carbons (Fsp3) is 0.0667. The number of aromatic nitrogens is 3. The van der Waals surface area contributed by atoms with Crippen molar-refractivity contribution in [3.8, 4) is 22.8 Å². The highest BCUT2D eigenvalue weighted by atomic mass is 16.4. The highest BCUT2D eigenvalue weighted by Crippen LogP contribution is 2.24. The van der Waals surface area contributed by atoms with Gasteiger partial charge in [-0.2, -0.15) is 0 Å². The summed E-state index contributed by atoms with van der Waals surface area (Å²) in [6, 6.07) is 10.2. The van der Waals surface area contributed by atoms with E-state index in [-0.39, 0.29) is 5.56 Å². The van der Waals surface area contributed by atoms with Crippen molar-refractivity contribution >= 4 is 5.97 Å². The first-order valence-corrected chi connectivity index (χ1v) is 6.07. The van der Waals surface area contributed by atoms with Gasteiger partial charge in [-0.1, -0.05) is 12.1 Å². The van der Waals surface area contributed by atoms with E-state index in [1.54, 1.807) is 30.5 Å². The quantitative estimate of drug-likeness (QED) is 0.770. The van der Waals surface area contributed by atoms with Gasteiger partial charge in [0.15, 0.2) is 5.82 Å². The zero-order valence-electron chi connectivity index (χ0n) is 10.7. The van der Waals surface area contributed by atoms with Crippen molar-refractivity contribution in [2.24, 2.45) is 0 Å². The monoisotopic (exact) mass is 265 g/mol. The first-order valence-electron chi connectivity index (χ1n) is 6.07. The van der Waals surface area contributed by atoms with Crippen LogP contribution in [0.3, 0.4) is 0 Å². The molecule has 3 rings (SSSR count). The Kier molecular flexibility index (Phi) is 2.87. The van der Waals surface area contributed by atoms with Crippen LogP contribution >= 0.6 is 0 Å². The van der Waals surface area contributed by atoms with Gasteiger partial charge in [-0.05, 0) is 31.2 Å². The van der Waals surface area contributed by atoms with Crippen LogP contribution in [-0.2, 0) is 0 Å².